The van der Waals surface area contributed by atoms with Crippen molar-refractivity contribution in [3.63, 3.8) is 0 Å². The number of nitrogens with zero attached hydrogens (tertiary/aromatic N) is 4. The number of anilines is 2. The zero-order valence-corrected chi connectivity index (χ0v) is 26.3. The lowest BCUT2D eigenvalue weighted by molar-refractivity contribution is -0.140. The van der Waals surface area contributed by atoms with E-state index >= 15 is 0 Å². The number of aromatic nitrogens is 1. The number of amides is 1. The van der Waals surface area contributed by atoms with Crippen molar-refractivity contribution in [1.82, 2.24) is 19.3 Å². The van der Waals surface area contributed by atoms with E-state index in [1.54, 1.807) is 30.3 Å². The summed E-state index contributed by atoms with van der Waals surface area (Å²) in [6.07, 6.45) is -1.66. The monoisotopic (exact) mass is 644 g/mol. The van der Waals surface area contributed by atoms with Crippen LogP contribution >= 0.6 is 0 Å². The number of carbonyl (C=O) groups excluding carboxylic acids is 1. The number of hydrogen-bond donors (Lipinski definition) is 2. The third-order valence-electron chi connectivity index (χ3n) is 8.33. The van der Waals surface area contributed by atoms with E-state index in [1.165, 1.54) is 16.7 Å². The Labute approximate surface area is 262 Å². The van der Waals surface area contributed by atoms with Crippen LogP contribution in [0.4, 0.5) is 24.5 Å². The van der Waals surface area contributed by atoms with Crippen LogP contribution in [0.5, 0.6) is 0 Å². The van der Waals surface area contributed by atoms with E-state index in [0.29, 0.717) is 23.1 Å². The van der Waals surface area contributed by atoms with E-state index in [9.17, 15) is 26.4 Å². The van der Waals surface area contributed by atoms with Crippen LogP contribution < -0.4 is 10.6 Å². The Kier molecular flexibility index (Phi) is 9.96. The molecular formula is C32H39F3N6O3S. The Morgan fingerprint density at radius 2 is 1.69 bits per heavy atom. The highest BCUT2D eigenvalue weighted by Crippen LogP contribution is 2.31. The van der Waals surface area contributed by atoms with E-state index in [1.807, 2.05) is 11.0 Å². The molecule has 1 amide bonds. The number of fused-ring (bicyclic) bond motifs is 1. The Balaban J connectivity index is 1.24. The molecule has 0 spiro atoms. The normalized spacial score (nSPS) is 17.2. The van der Waals surface area contributed by atoms with Gasteiger partial charge in [0.25, 0.3) is 0 Å². The molecule has 0 atom stereocenters. The molecule has 5 rings (SSSR count). The fourth-order valence-corrected chi connectivity index (χ4v) is 6.40. The molecule has 3 heterocycles. The van der Waals surface area contributed by atoms with Crippen molar-refractivity contribution in [3.05, 3.63) is 54.2 Å². The summed E-state index contributed by atoms with van der Waals surface area (Å²) < 4.78 is 65.4. The lowest BCUT2D eigenvalue weighted by Crippen LogP contribution is -2.51. The zero-order chi connectivity index (χ0) is 32.2. The lowest BCUT2D eigenvalue weighted by atomic mass is 10.0. The van der Waals surface area contributed by atoms with Crippen LogP contribution in [-0.4, -0.2) is 111 Å². The van der Waals surface area contributed by atoms with Gasteiger partial charge in [-0.2, -0.15) is 13.2 Å². The average Bonchev–Trinajstić information content (AvgIpc) is 3.33. The predicted molar refractivity (Wildman–Crippen MR) is 170 cm³/mol. The molecule has 2 aromatic carbocycles. The third kappa shape index (κ3) is 8.71. The molecule has 9 nitrogen and oxygen atoms in total. The van der Waals surface area contributed by atoms with Crippen molar-refractivity contribution in [2.24, 2.45) is 0 Å². The van der Waals surface area contributed by atoms with Gasteiger partial charge in [-0.25, -0.2) is 8.42 Å². The number of hydrogen-bond acceptors (Lipinski definition) is 7. The number of benzene rings is 2. The second-order valence-corrected chi connectivity index (χ2v) is 13.8. The fraction of sp³-hybridized carbons (Fsp3) is 0.469. The van der Waals surface area contributed by atoms with Gasteiger partial charge in [-0.3, -0.25) is 9.69 Å². The maximum absolute atomic E-state index is 13.6. The highest BCUT2D eigenvalue weighted by atomic mass is 32.2. The number of likely N-dealkylation sites (tertiary alicyclic amines) is 1. The van der Waals surface area contributed by atoms with Crippen LogP contribution in [0.2, 0.25) is 0 Å². The van der Waals surface area contributed by atoms with Crippen molar-refractivity contribution < 1.29 is 26.4 Å². The Morgan fingerprint density at radius 3 is 2.33 bits per heavy atom. The number of halogens is 3. The molecule has 0 radical (unpaired) electrons. The van der Waals surface area contributed by atoms with Crippen LogP contribution in [0.25, 0.3) is 10.9 Å². The molecule has 1 aromatic heterocycles. The van der Waals surface area contributed by atoms with Crippen molar-refractivity contribution in [2.75, 3.05) is 76.3 Å². The van der Waals surface area contributed by atoms with E-state index in [2.05, 4.69) is 39.3 Å². The number of alkyl halides is 3. The van der Waals surface area contributed by atoms with Gasteiger partial charge in [0.05, 0.1) is 29.2 Å². The molecule has 0 unspecified atom stereocenters. The van der Waals surface area contributed by atoms with E-state index in [0.717, 1.165) is 64.1 Å². The van der Waals surface area contributed by atoms with Crippen molar-refractivity contribution in [1.29, 1.82) is 0 Å². The summed E-state index contributed by atoms with van der Waals surface area (Å²) in [6, 6.07) is 13.3. The summed E-state index contributed by atoms with van der Waals surface area (Å²) in [5.41, 5.74) is 2.10. The Bertz CT molecular complexity index is 1660. The fourth-order valence-electron chi connectivity index (χ4n) is 5.77. The smallest absolute Gasteiger partial charge is 0.382 e. The van der Waals surface area contributed by atoms with Gasteiger partial charge >= 0.3 is 6.18 Å². The van der Waals surface area contributed by atoms with E-state index < -0.39 is 22.6 Å². The first kappa shape index (κ1) is 32.7. The van der Waals surface area contributed by atoms with Gasteiger partial charge < -0.3 is 25.0 Å². The first-order chi connectivity index (χ1) is 21.4. The molecule has 2 aliphatic rings. The quantitative estimate of drug-likeness (QED) is 0.362. The maximum Gasteiger partial charge on any atom is 0.406 e. The molecule has 13 heteroatoms. The molecule has 2 fully saturated rings. The van der Waals surface area contributed by atoms with Gasteiger partial charge in [0.2, 0.25) is 5.91 Å². The first-order valence-electron chi connectivity index (χ1n) is 15.0. The first-order valence-corrected chi connectivity index (χ1v) is 16.9. The Hall–Kier alpha value is -3.73. The van der Waals surface area contributed by atoms with Crippen LogP contribution in [0.15, 0.2) is 53.4 Å². The summed E-state index contributed by atoms with van der Waals surface area (Å²) in [7, 11) is -1.25. The van der Waals surface area contributed by atoms with Crippen molar-refractivity contribution in [2.45, 2.75) is 36.5 Å². The highest BCUT2D eigenvalue weighted by molar-refractivity contribution is 7.90. The van der Waals surface area contributed by atoms with Gasteiger partial charge in [0, 0.05) is 68.3 Å². The summed E-state index contributed by atoms with van der Waals surface area (Å²) in [6.45, 7) is 4.24. The van der Waals surface area contributed by atoms with Crippen LogP contribution in [0.3, 0.4) is 0 Å². The highest BCUT2D eigenvalue weighted by Gasteiger charge is 2.30. The predicted octanol–water partition coefficient (Wildman–Crippen LogP) is 3.72. The van der Waals surface area contributed by atoms with E-state index in [4.69, 9.17) is 0 Å². The molecule has 2 saturated heterocycles. The molecular weight excluding hydrogens is 605 g/mol. The number of carbonyl (C=O) groups is 1. The molecule has 0 saturated carbocycles. The molecule has 3 aromatic rings. The third-order valence-corrected chi connectivity index (χ3v) is 9.45. The minimum absolute atomic E-state index is 0.129. The lowest BCUT2D eigenvalue weighted by Gasteiger charge is -2.36. The number of sulfone groups is 1. The summed E-state index contributed by atoms with van der Waals surface area (Å²) in [5.74, 6) is 5.97. The number of likely N-dealkylation sites (N-methyl/N-ethyl adjacent to an activating group) is 1. The summed E-state index contributed by atoms with van der Waals surface area (Å²) in [4.78, 5) is 19.3. The maximum atomic E-state index is 13.6. The minimum atomic E-state index is -4.43. The van der Waals surface area contributed by atoms with Crippen LogP contribution in [-0.2, 0) is 21.2 Å². The van der Waals surface area contributed by atoms with Crippen LogP contribution in [0.1, 0.15) is 18.5 Å². The molecule has 2 aliphatic heterocycles. The van der Waals surface area contributed by atoms with Gasteiger partial charge in [-0.15, -0.1) is 0 Å². The number of rotatable bonds is 8. The second kappa shape index (κ2) is 13.7. The molecule has 45 heavy (non-hydrogen) atoms. The topological polar surface area (TPSA) is 89.9 Å². The molecule has 0 bridgehead atoms. The Morgan fingerprint density at radius 1 is 1.00 bits per heavy atom. The summed E-state index contributed by atoms with van der Waals surface area (Å²) in [5, 5.41) is 7.27. The van der Waals surface area contributed by atoms with Gasteiger partial charge in [0.15, 0.2) is 9.84 Å². The van der Waals surface area contributed by atoms with Gasteiger partial charge in [-0.05, 0) is 68.3 Å². The van der Waals surface area contributed by atoms with Gasteiger partial charge in [0.1, 0.15) is 6.54 Å². The second-order valence-electron chi connectivity index (χ2n) is 11.8. The summed E-state index contributed by atoms with van der Waals surface area (Å²) >= 11 is 0. The van der Waals surface area contributed by atoms with Crippen LogP contribution in [0, 0.1) is 11.8 Å². The SMILES string of the molecule is CN1CCN(C(=O)CN2CCC(Nc3cccc4c3cc(C#CCNc3ccc(S(C)(=O)=O)cc3)n4CC(F)(F)F)CC2)CC1. The molecule has 0 aliphatic carbocycles. The number of piperidine rings is 1. The number of piperazine rings is 1. The van der Waals surface area contributed by atoms with Crippen molar-refractivity contribution in [3.8, 4) is 11.8 Å². The van der Waals surface area contributed by atoms with Gasteiger partial charge in [-0.1, -0.05) is 12.0 Å². The van der Waals surface area contributed by atoms with Crippen molar-refractivity contribution >= 4 is 38.0 Å². The molecule has 242 valence electrons. The van der Waals surface area contributed by atoms with E-state index in [-0.39, 0.29) is 29.1 Å². The average molecular weight is 645 g/mol. The number of nitrogens with one attached hydrogen (secondary N) is 2. The minimum Gasteiger partial charge on any atom is -0.382 e. The molecule has 2 N–H and O–H groups in total. The largest absolute Gasteiger partial charge is 0.406 e. The standard InChI is InChI=1S/C32H39F3N6O3S/c1-38-17-19-40(20-18-38)31(42)22-39-15-12-25(13-16-39)37-29-6-3-7-30-28(29)21-26(41(30)23-32(33,34)35)5-4-14-36-24-8-10-27(11-9-24)45(2,43)44/h3,6-11,21,25,36-37H,12-20,22-23H2,1-2H3. The zero-order valence-electron chi connectivity index (χ0n) is 25.5.